The molecule has 2 fully saturated rings. The fraction of sp³-hybridized carbons (Fsp3) is 0.688. The maximum Gasteiger partial charge on any atom is 0.146 e. The second-order valence-corrected chi connectivity index (χ2v) is 6.53. The molecular weight excluding hydrogens is 274 g/mol. The highest BCUT2D eigenvalue weighted by Gasteiger charge is 2.65. The maximum atomic E-state index is 12.8. The summed E-state index contributed by atoms with van der Waals surface area (Å²) in [6.45, 7) is 0.851. The third kappa shape index (κ3) is 1.52. The summed E-state index contributed by atoms with van der Waals surface area (Å²) in [5, 5.41) is 14.8. The number of halogens is 1. The standard InChI is InChI=1S/C16H21NO2.ClH/c18-14-6-3-7-16(19)13-10-11-4-1-2-5-12(11)15(14,16)8-9-17-13;/h2,5,13,17,19H,1,3-4,6-10H2;1H/t13-,15+,16-;/m1./s1. The number of hydrogen-bond donors (Lipinski definition) is 2. The summed E-state index contributed by atoms with van der Waals surface area (Å²) < 4.78 is 0. The predicted molar refractivity (Wildman–Crippen MR) is 79.9 cm³/mol. The van der Waals surface area contributed by atoms with Crippen LogP contribution in [-0.4, -0.2) is 29.1 Å². The number of ketones is 1. The first-order valence-corrected chi connectivity index (χ1v) is 7.56. The number of carbonyl (C=O) groups is 1. The lowest BCUT2D eigenvalue weighted by Crippen LogP contribution is -2.72. The summed E-state index contributed by atoms with van der Waals surface area (Å²) in [6, 6.07) is 0.0794. The highest BCUT2D eigenvalue weighted by molar-refractivity contribution is 5.92. The number of nitrogens with one attached hydrogen (secondary N) is 1. The molecule has 4 rings (SSSR count). The summed E-state index contributed by atoms with van der Waals surface area (Å²) in [7, 11) is 0. The molecule has 110 valence electrons. The van der Waals surface area contributed by atoms with Gasteiger partial charge in [-0.05, 0) is 50.6 Å². The van der Waals surface area contributed by atoms with Crippen LogP contribution in [0.25, 0.3) is 0 Å². The first kappa shape index (κ1) is 14.3. The van der Waals surface area contributed by atoms with Crippen LogP contribution in [0.3, 0.4) is 0 Å². The molecular formula is C16H22ClNO2. The molecule has 1 saturated heterocycles. The van der Waals surface area contributed by atoms with Crippen LogP contribution in [0.4, 0.5) is 0 Å². The number of aliphatic hydroxyl groups is 1. The molecule has 0 unspecified atom stereocenters. The van der Waals surface area contributed by atoms with Gasteiger partial charge in [0.25, 0.3) is 0 Å². The molecule has 0 aromatic heterocycles. The lowest BCUT2D eigenvalue weighted by atomic mass is 9.48. The molecule has 0 aromatic rings. The number of Topliss-reactive ketones (excluding diaryl/α,β-unsaturated/α-hetero) is 1. The number of piperidine rings is 1. The molecule has 3 nitrogen and oxygen atoms in total. The SMILES string of the molecule is Cl.O=C1CCC[C@@]2(O)[C@H]3CC4=C(C=CCC4)[C@@]12CCN3. The van der Waals surface area contributed by atoms with E-state index in [-0.39, 0.29) is 24.2 Å². The van der Waals surface area contributed by atoms with E-state index >= 15 is 0 Å². The summed E-state index contributed by atoms with van der Waals surface area (Å²) >= 11 is 0. The molecule has 3 atom stereocenters. The van der Waals surface area contributed by atoms with Crippen LogP contribution in [-0.2, 0) is 4.79 Å². The van der Waals surface area contributed by atoms with E-state index in [9.17, 15) is 9.90 Å². The fourth-order valence-electron chi connectivity index (χ4n) is 4.99. The van der Waals surface area contributed by atoms with Crippen LogP contribution in [0.15, 0.2) is 23.3 Å². The zero-order chi connectivity index (χ0) is 13.1. The van der Waals surface area contributed by atoms with Gasteiger partial charge in [-0.1, -0.05) is 17.7 Å². The van der Waals surface area contributed by atoms with Gasteiger partial charge in [-0.3, -0.25) is 4.79 Å². The minimum atomic E-state index is -0.846. The number of rotatable bonds is 0. The van der Waals surface area contributed by atoms with Crippen molar-refractivity contribution in [3.8, 4) is 0 Å². The van der Waals surface area contributed by atoms with E-state index in [1.165, 1.54) is 11.1 Å². The quantitative estimate of drug-likeness (QED) is 0.721. The third-order valence-electron chi connectivity index (χ3n) is 5.83. The van der Waals surface area contributed by atoms with E-state index < -0.39 is 11.0 Å². The van der Waals surface area contributed by atoms with Crippen LogP contribution in [0, 0.1) is 5.41 Å². The highest BCUT2D eigenvalue weighted by Crippen LogP contribution is 2.58. The third-order valence-corrected chi connectivity index (χ3v) is 5.83. The Morgan fingerprint density at radius 2 is 2.15 bits per heavy atom. The van der Waals surface area contributed by atoms with Gasteiger partial charge in [0.2, 0.25) is 0 Å². The summed E-state index contributed by atoms with van der Waals surface area (Å²) in [4.78, 5) is 12.8. The van der Waals surface area contributed by atoms with Gasteiger partial charge in [0.1, 0.15) is 5.78 Å². The Morgan fingerprint density at radius 3 is 3.00 bits per heavy atom. The van der Waals surface area contributed by atoms with E-state index in [4.69, 9.17) is 0 Å². The highest BCUT2D eigenvalue weighted by atomic mass is 35.5. The normalized spacial score (nSPS) is 42.6. The molecule has 0 spiro atoms. The molecule has 4 heteroatoms. The fourth-order valence-corrected chi connectivity index (χ4v) is 4.99. The van der Waals surface area contributed by atoms with Crippen molar-refractivity contribution in [2.45, 2.75) is 56.6 Å². The first-order chi connectivity index (χ1) is 9.18. The van der Waals surface area contributed by atoms with Crippen molar-refractivity contribution in [2.24, 2.45) is 5.41 Å². The van der Waals surface area contributed by atoms with Crippen molar-refractivity contribution in [3.05, 3.63) is 23.3 Å². The topological polar surface area (TPSA) is 49.3 Å². The largest absolute Gasteiger partial charge is 0.387 e. The van der Waals surface area contributed by atoms with Crippen LogP contribution < -0.4 is 5.32 Å². The van der Waals surface area contributed by atoms with Crippen molar-refractivity contribution in [2.75, 3.05) is 6.54 Å². The van der Waals surface area contributed by atoms with Crippen molar-refractivity contribution in [3.63, 3.8) is 0 Å². The summed E-state index contributed by atoms with van der Waals surface area (Å²) in [5.41, 5.74) is 1.16. The molecule has 1 aliphatic heterocycles. The summed E-state index contributed by atoms with van der Waals surface area (Å²) in [6.07, 6.45) is 10.4. The van der Waals surface area contributed by atoms with Gasteiger partial charge in [0.15, 0.2) is 0 Å². The van der Waals surface area contributed by atoms with E-state index in [1.807, 2.05) is 0 Å². The molecule has 2 N–H and O–H groups in total. The Morgan fingerprint density at radius 1 is 1.30 bits per heavy atom. The average Bonchev–Trinajstić information content (AvgIpc) is 2.39. The Kier molecular flexibility index (Phi) is 3.35. The van der Waals surface area contributed by atoms with E-state index in [0.717, 1.165) is 45.1 Å². The minimum absolute atomic E-state index is 0. The van der Waals surface area contributed by atoms with Gasteiger partial charge >= 0.3 is 0 Å². The van der Waals surface area contributed by atoms with Crippen molar-refractivity contribution < 1.29 is 9.90 Å². The molecule has 1 saturated carbocycles. The van der Waals surface area contributed by atoms with E-state index in [0.29, 0.717) is 6.42 Å². The smallest absolute Gasteiger partial charge is 0.146 e. The lowest BCUT2D eigenvalue weighted by molar-refractivity contribution is -0.168. The zero-order valence-corrected chi connectivity index (χ0v) is 12.5. The van der Waals surface area contributed by atoms with Gasteiger partial charge in [-0.25, -0.2) is 0 Å². The van der Waals surface area contributed by atoms with Gasteiger partial charge < -0.3 is 10.4 Å². The average molecular weight is 296 g/mol. The number of allylic oxidation sites excluding steroid dienone is 2. The van der Waals surface area contributed by atoms with Gasteiger partial charge in [0.05, 0.1) is 11.0 Å². The zero-order valence-electron chi connectivity index (χ0n) is 11.7. The number of carbonyl (C=O) groups excluding carboxylic acids is 1. The van der Waals surface area contributed by atoms with E-state index in [1.54, 1.807) is 0 Å². The second kappa shape index (κ2) is 4.69. The van der Waals surface area contributed by atoms with Gasteiger partial charge in [-0.2, -0.15) is 0 Å². The lowest BCUT2D eigenvalue weighted by Gasteiger charge is -2.60. The maximum absolute atomic E-state index is 12.8. The van der Waals surface area contributed by atoms with Gasteiger partial charge in [0, 0.05) is 12.5 Å². The Bertz CT molecular complexity index is 513. The molecule has 20 heavy (non-hydrogen) atoms. The Labute approximate surface area is 125 Å². The summed E-state index contributed by atoms with van der Waals surface area (Å²) in [5.74, 6) is 0.284. The molecule has 0 radical (unpaired) electrons. The van der Waals surface area contributed by atoms with Crippen LogP contribution in [0.5, 0.6) is 0 Å². The van der Waals surface area contributed by atoms with Crippen LogP contribution in [0.2, 0.25) is 0 Å². The second-order valence-electron chi connectivity index (χ2n) is 6.53. The molecule has 3 aliphatic carbocycles. The monoisotopic (exact) mass is 295 g/mol. The predicted octanol–water partition coefficient (Wildman–Crippen LogP) is 2.29. The van der Waals surface area contributed by atoms with Gasteiger partial charge in [-0.15, -0.1) is 12.4 Å². The van der Waals surface area contributed by atoms with Crippen molar-refractivity contribution in [1.29, 1.82) is 0 Å². The molecule has 0 aromatic carbocycles. The molecule has 1 heterocycles. The number of hydrogen-bond acceptors (Lipinski definition) is 3. The molecule has 2 bridgehead atoms. The Balaban J connectivity index is 0.00000121. The molecule has 0 amide bonds. The molecule has 4 aliphatic rings. The minimum Gasteiger partial charge on any atom is -0.387 e. The van der Waals surface area contributed by atoms with Crippen LogP contribution >= 0.6 is 12.4 Å². The Hall–Kier alpha value is -0.640. The van der Waals surface area contributed by atoms with Crippen molar-refractivity contribution >= 4 is 18.2 Å². The van der Waals surface area contributed by atoms with Crippen molar-refractivity contribution in [1.82, 2.24) is 5.32 Å². The first-order valence-electron chi connectivity index (χ1n) is 7.56. The van der Waals surface area contributed by atoms with E-state index in [2.05, 4.69) is 17.5 Å². The van der Waals surface area contributed by atoms with Crippen LogP contribution in [0.1, 0.15) is 44.9 Å².